The maximum absolute atomic E-state index is 13.0. The van der Waals surface area contributed by atoms with Gasteiger partial charge < -0.3 is 9.73 Å². The lowest BCUT2D eigenvalue weighted by Crippen LogP contribution is -2.26. The topological polar surface area (TPSA) is 99.2 Å². The predicted molar refractivity (Wildman–Crippen MR) is 130 cm³/mol. The number of hydrogen-bond acceptors (Lipinski definition) is 6. The average molecular weight is 473 g/mol. The van der Waals surface area contributed by atoms with Crippen LogP contribution in [0.2, 0.25) is 0 Å². The summed E-state index contributed by atoms with van der Waals surface area (Å²) in [4.78, 5) is 4.44. The molecule has 0 fully saturated rings. The van der Waals surface area contributed by atoms with E-state index in [9.17, 15) is 13.7 Å². The van der Waals surface area contributed by atoms with E-state index in [-0.39, 0.29) is 35.0 Å². The summed E-state index contributed by atoms with van der Waals surface area (Å²) in [7, 11) is -2.12. The molecule has 1 aromatic heterocycles. The van der Waals surface area contributed by atoms with E-state index in [1.807, 2.05) is 73.7 Å². The van der Waals surface area contributed by atoms with E-state index < -0.39 is 10.0 Å². The number of nitrogens with one attached hydrogen (secondary N) is 1. The molecule has 0 unspecified atom stereocenters. The third-order valence-corrected chi connectivity index (χ3v) is 7.26. The zero-order valence-corrected chi connectivity index (χ0v) is 19.7. The molecule has 0 saturated heterocycles. The second-order valence-corrected chi connectivity index (χ2v) is 9.90. The van der Waals surface area contributed by atoms with E-state index in [4.69, 9.17) is 4.42 Å². The van der Waals surface area contributed by atoms with Crippen LogP contribution >= 0.6 is 0 Å². The molecule has 0 bridgehead atoms. The monoisotopic (exact) mass is 472 g/mol. The van der Waals surface area contributed by atoms with E-state index in [0.717, 1.165) is 11.1 Å². The minimum atomic E-state index is -3.67. The quantitative estimate of drug-likeness (QED) is 0.378. The SMILES string of the molecule is C[C@H](Nc1oc(-c2ccc(S(=O)(=O)N(C)Cc3ccccc3)cc2)nc1C#N)c1ccccc1. The van der Waals surface area contributed by atoms with Gasteiger partial charge >= 0.3 is 0 Å². The third kappa shape index (κ3) is 5.01. The fourth-order valence-corrected chi connectivity index (χ4v) is 4.67. The number of nitriles is 1. The van der Waals surface area contributed by atoms with E-state index in [1.165, 1.54) is 16.4 Å². The van der Waals surface area contributed by atoms with Crippen molar-refractivity contribution >= 4 is 15.9 Å². The van der Waals surface area contributed by atoms with Crippen molar-refractivity contribution in [3.8, 4) is 17.5 Å². The molecule has 0 spiro atoms. The normalized spacial score (nSPS) is 12.3. The summed E-state index contributed by atoms with van der Waals surface area (Å²) in [5.41, 5.74) is 2.65. The molecule has 1 N–H and O–H groups in total. The van der Waals surface area contributed by atoms with Gasteiger partial charge in [-0.05, 0) is 42.3 Å². The Balaban J connectivity index is 1.53. The van der Waals surface area contributed by atoms with Crippen molar-refractivity contribution < 1.29 is 12.8 Å². The van der Waals surface area contributed by atoms with Gasteiger partial charge in [0, 0.05) is 19.2 Å². The molecule has 0 radical (unpaired) electrons. The first-order valence-corrected chi connectivity index (χ1v) is 12.2. The van der Waals surface area contributed by atoms with Gasteiger partial charge in [0.1, 0.15) is 6.07 Å². The molecule has 0 saturated carbocycles. The fourth-order valence-electron chi connectivity index (χ4n) is 3.51. The average Bonchev–Trinajstić information content (AvgIpc) is 3.28. The van der Waals surface area contributed by atoms with E-state index in [1.54, 1.807) is 19.2 Å². The van der Waals surface area contributed by atoms with Crippen molar-refractivity contribution in [3.05, 3.63) is 102 Å². The first-order chi connectivity index (χ1) is 16.4. The number of nitrogens with zero attached hydrogens (tertiary/aromatic N) is 3. The zero-order chi connectivity index (χ0) is 24.1. The highest BCUT2D eigenvalue weighted by Crippen LogP contribution is 2.29. The standard InChI is InChI=1S/C26H24N4O3S/c1-19(21-11-7-4-8-12-21)28-26-24(17-27)29-25(33-26)22-13-15-23(16-14-22)34(31,32)30(2)18-20-9-5-3-6-10-20/h3-16,19,28H,18H2,1-2H3/t19-/m0/s1. The highest BCUT2D eigenvalue weighted by atomic mass is 32.2. The molecule has 172 valence electrons. The summed E-state index contributed by atoms with van der Waals surface area (Å²) in [6.45, 7) is 2.23. The van der Waals surface area contributed by atoms with Crippen molar-refractivity contribution in [2.75, 3.05) is 12.4 Å². The molecule has 0 amide bonds. The summed E-state index contributed by atoms with van der Waals surface area (Å²) >= 11 is 0. The molecule has 0 aliphatic rings. The summed E-state index contributed by atoms with van der Waals surface area (Å²) in [6.07, 6.45) is 0. The molecule has 1 atom stereocenters. The van der Waals surface area contributed by atoms with Gasteiger partial charge in [-0.1, -0.05) is 60.7 Å². The van der Waals surface area contributed by atoms with Crippen molar-refractivity contribution in [3.63, 3.8) is 0 Å². The number of anilines is 1. The first-order valence-electron chi connectivity index (χ1n) is 10.7. The third-order valence-electron chi connectivity index (χ3n) is 5.44. The van der Waals surface area contributed by atoms with Crippen LogP contribution in [0.25, 0.3) is 11.5 Å². The lowest BCUT2D eigenvalue weighted by Gasteiger charge is -2.17. The number of aromatic nitrogens is 1. The fraction of sp³-hybridized carbons (Fsp3) is 0.154. The van der Waals surface area contributed by atoms with Crippen LogP contribution < -0.4 is 5.32 Å². The molecule has 0 aliphatic heterocycles. The van der Waals surface area contributed by atoms with Gasteiger partial charge in [0.2, 0.25) is 27.5 Å². The molecular weight excluding hydrogens is 448 g/mol. The number of hydrogen-bond donors (Lipinski definition) is 1. The summed E-state index contributed by atoms with van der Waals surface area (Å²) in [6, 6.07) is 27.4. The van der Waals surface area contributed by atoms with E-state index >= 15 is 0 Å². The number of sulfonamides is 1. The van der Waals surface area contributed by atoms with Crippen LogP contribution in [-0.4, -0.2) is 24.8 Å². The highest BCUT2D eigenvalue weighted by Gasteiger charge is 2.22. The van der Waals surface area contributed by atoms with Gasteiger partial charge in [-0.15, -0.1) is 0 Å². The second kappa shape index (κ2) is 9.91. The Morgan fingerprint density at radius 1 is 1.00 bits per heavy atom. The van der Waals surface area contributed by atoms with E-state index in [0.29, 0.717) is 5.56 Å². The van der Waals surface area contributed by atoms with Crippen LogP contribution in [-0.2, 0) is 16.6 Å². The Morgan fingerprint density at radius 2 is 1.62 bits per heavy atom. The molecule has 4 aromatic rings. The lowest BCUT2D eigenvalue weighted by molar-refractivity contribution is 0.466. The molecule has 7 nitrogen and oxygen atoms in total. The Kier molecular flexibility index (Phi) is 6.77. The lowest BCUT2D eigenvalue weighted by atomic mass is 10.1. The minimum absolute atomic E-state index is 0.0956. The van der Waals surface area contributed by atoms with Crippen LogP contribution in [0.15, 0.2) is 94.2 Å². The number of oxazole rings is 1. The van der Waals surface area contributed by atoms with Crippen LogP contribution in [0.5, 0.6) is 0 Å². The Bertz CT molecular complexity index is 1390. The molecule has 8 heteroatoms. The predicted octanol–water partition coefficient (Wildman–Crippen LogP) is 5.21. The molecule has 3 aromatic carbocycles. The Morgan fingerprint density at radius 3 is 2.24 bits per heavy atom. The maximum Gasteiger partial charge on any atom is 0.243 e. The van der Waals surface area contributed by atoms with Gasteiger partial charge in [0.15, 0.2) is 0 Å². The minimum Gasteiger partial charge on any atom is -0.419 e. The zero-order valence-electron chi connectivity index (χ0n) is 18.8. The summed E-state index contributed by atoms with van der Waals surface area (Å²) in [5, 5.41) is 12.7. The van der Waals surface area contributed by atoms with Crippen molar-refractivity contribution in [1.29, 1.82) is 5.26 Å². The molecule has 0 aliphatic carbocycles. The van der Waals surface area contributed by atoms with Crippen LogP contribution in [0.4, 0.5) is 5.88 Å². The van der Waals surface area contributed by atoms with Gasteiger partial charge in [-0.2, -0.15) is 14.6 Å². The Labute approximate surface area is 199 Å². The number of rotatable bonds is 8. The molecule has 1 heterocycles. The van der Waals surface area contributed by atoms with Crippen molar-refractivity contribution in [2.24, 2.45) is 0 Å². The largest absolute Gasteiger partial charge is 0.419 e. The van der Waals surface area contributed by atoms with Crippen molar-refractivity contribution in [2.45, 2.75) is 24.4 Å². The summed E-state index contributed by atoms with van der Waals surface area (Å²) in [5.74, 6) is 0.508. The second-order valence-electron chi connectivity index (χ2n) is 7.86. The highest BCUT2D eigenvalue weighted by molar-refractivity contribution is 7.89. The van der Waals surface area contributed by atoms with E-state index in [2.05, 4.69) is 10.3 Å². The van der Waals surface area contributed by atoms with Gasteiger partial charge in [0.25, 0.3) is 0 Å². The Hall–Kier alpha value is -3.93. The molecule has 34 heavy (non-hydrogen) atoms. The van der Waals surface area contributed by atoms with Gasteiger partial charge in [-0.3, -0.25) is 0 Å². The van der Waals surface area contributed by atoms with Crippen molar-refractivity contribution in [1.82, 2.24) is 9.29 Å². The molecule has 4 rings (SSSR count). The molecular formula is C26H24N4O3S. The van der Waals surface area contributed by atoms with Crippen LogP contribution in [0.3, 0.4) is 0 Å². The van der Waals surface area contributed by atoms with Gasteiger partial charge in [0.05, 0.1) is 10.9 Å². The van der Waals surface area contributed by atoms with Crippen LogP contribution in [0, 0.1) is 11.3 Å². The maximum atomic E-state index is 13.0. The summed E-state index contributed by atoms with van der Waals surface area (Å²) < 4.78 is 33.1. The van der Waals surface area contributed by atoms with Crippen LogP contribution in [0.1, 0.15) is 29.8 Å². The number of benzene rings is 3. The smallest absolute Gasteiger partial charge is 0.243 e. The first kappa shape index (κ1) is 23.2. The van der Waals surface area contributed by atoms with Gasteiger partial charge in [-0.25, -0.2) is 8.42 Å².